The highest BCUT2D eigenvalue weighted by Gasteiger charge is 2.12. The van der Waals surface area contributed by atoms with Crippen LogP contribution in [0.1, 0.15) is 11.1 Å². The quantitative estimate of drug-likeness (QED) is 0.333. The van der Waals surface area contributed by atoms with Gasteiger partial charge in [-0.15, -0.1) is 17.5 Å². The van der Waals surface area contributed by atoms with E-state index in [1.165, 1.54) is 0 Å². The summed E-state index contributed by atoms with van der Waals surface area (Å²) in [5.74, 6) is 1.97. The normalized spacial score (nSPS) is 10.5. The van der Waals surface area contributed by atoms with Gasteiger partial charge in [-0.2, -0.15) is 0 Å². The largest absolute Gasteiger partial charge is 0.493 e. The van der Waals surface area contributed by atoms with Gasteiger partial charge in [-0.25, -0.2) is 4.68 Å². The van der Waals surface area contributed by atoms with E-state index in [2.05, 4.69) is 20.8 Å². The second-order valence-electron chi connectivity index (χ2n) is 6.13. The number of hydrogen-bond donors (Lipinski definition) is 1. The van der Waals surface area contributed by atoms with Crippen LogP contribution in [0.5, 0.6) is 11.5 Å². The van der Waals surface area contributed by atoms with Gasteiger partial charge in [-0.05, 0) is 45.8 Å². The summed E-state index contributed by atoms with van der Waals surface area (Å²) in [5, 5.41) is 16.7. The van der Waals surface area contributed by atoms with Crippen LogP contribution >= 0.6 is 47.4 Å². The molecule has 0 saturated carbocycles. The van der Waals surface area contributed by atoms with Crippen LogP contribution in [0.3, 0.4) is 0 Å². The molecule has 0 amide bonds. The Labute approximate surface area is 195 Å². The topological polar surface area (TPSA) is 74.1 Å². The highest BCUT2D eigenvalue weighted by molar-refractivity contribution is 7.99. The summed E-state index contributed by atoms with van der Waals surface area (Å²) in [4.78, 5) is 0. The van der Waals surface area contributed by atoms with Gasteiger partial charge in [-0.1, -0.05) is 47.1 Å². The Morgan fingerprint density at radius 3 is 2.57 bits per heavy atom. The second kappa shape index (κ2) is 12.2. The van der Waals surface area contributed by atoms with Crippen molar-refractivity contribution < 1.29 is 9.47 Å². The third-order valence-electron chi connectivity index (χ3n) is 4.01. The average Bonchev–Trinajstić information content (AvgIpc) is 3.12. The molecule has 0 fully saturated rings. The molecule has 0 bridgehead atoms. The minimum atomic E-state index is 0. The number of halogens is 3. The predicted molar refractivity (Wildman–Crippen MR) is 122 cm³/mol. The van der Waals surface area contributed by atoms with Crippen LogP contribution in [-0.2, 0) is 20.2 Å². The van der Waals surface area contributed by atoms with E-state index in [1.807, 2.05) is 43.4 Å². The average molecular weight is 491 g/mol. The summed E-state index contributed by atoms with van der Waals surface area (Å²) < 4.78 is 13.0. The van der Waals surface area contributed by atoms with E-state index in [9.17, 15) is 0 Å². The van der Waals surface area contributed by atoms with Crippen LogP contribution in [0, 0.1) is 0 Å². The van der Waals surface area contributed by atoms with Gasteiger partial charge in [0.15, 0.2) is 11.5 Å². The van der Waals surface area contributed by atoms with E-state index >= 15 is 0 Å². The Kier molecular flexibility index (Phi) is 10.0. The molecule has 0 spiro atoms. The van der Waals surface area contributed by atoms with Crippen molar-refractivity contribution in [3.63, 3.8) is 0 Å². The third-order valence-corrected chi connectivity index (χ3v) is 5.55. The van der Waals surface area contributed by atoms with Gasteiger partial charge >= 0.3 is 0 Å². The van der Waals surface area contributed by atoms with Crippen LogP contribution < -0.4 is 14.8 Å². The molecule has 1 heterocycles. The first-order valence-corrected chi connectivity index (χ1v) is 10.6. The number of benzene rings is 2. The van der Waals surface area contributed by atoms with E-state index in [0.29, 0.717) is 34.7 Å². The molecule has 0 aliphatic carbocycles. The zero-order valence-corrected chi connectivity index (χ0v) is 19.6. The van der Waals surface area contributed by atoms with Gasteiger partial charge in [0, 0.05) is 30.9 Å². The third kappa shape index (κ3) is 6.92. The highest BCUT2D eigenvalue weighted by atomic mass is 35.5. The lowest BCUT2D eigenvalue weighted by Gasteiger charge is -2.15. The summed E-state index contributed by atoms with van der Waals surface area (Å²) >= 11 is 14.0. The number of aryl methyl sites for hydroxylation is 1. The molecule has 30 heavy (non-hydrogen) atoms. The molecular formula is C19H22Cl3N5O2S. The molecule has 1 N–H and O–H groups in total. The molecule has 162 valence electrons. The first kappa shape index (κ1) is 24.6. The van der Waals surface area contributed by atoms with E-state index in [1.54, 1.807) is 23.6 Å². The maximum Gasteiger partial charge on any atom is 0.209 e. The Morgan fingerprint density at radius 1 is 1.13 bits per heavy atom. The molecule has 2 aromatic carbocycles. The summed E-state index contributed by atoms with van der Waals surface area (Å²) in [5.41, 5.74) is 2.00. The Balaban J connectivity index is 0.00000320. The van der Waals surface area contributed by atoms with Crippen molar-refractivity contribution in [3.8, 4) is 11.5 Å². The summed E-state index contributed by atoms with van der Waals surface area (Å²) in [6.07, 6.45) is 0. The second-order valence-corrected chi connectivity index (χ2v) is 8.04. The lowest BCUT2D eigenvalue weighted by Crippen LogP contribution is -2.17. The van der Waals surface area contributed by atoms with Gasteiger partial charge in [0.05, 0.1) is 12.1 Å². The summed E-state index contributed by atoms with van der Waals surface area (Å²) in [7, 11) is 3.42. The lowest BCUT2D eigenvalue weighted by molar-refractivity contribution is 0.284. The van der Waals surface area contributed by atoms with Crippen molar-refractivity contribution in [2.45, 2.75) is 18.3 Å². The van der Waals surface area contributed by atoms with Crippen LogP contribution in [0.25, 0.3) is 0 Å². The van der Waals surface area contributed by atoms with Gasteiger partial charge in [0.1, 0.15) is 6.61 Å². The smallest absolute Gasteiger partial charge is 0.209 e. The van der Waals surface area contributed by atoms with E-state index in [4.69, 9.17) is 32.7 Å². The number of hydrogen-bond acceptors (Lipinski definition) is 7. The van der Waals surface area contributed by atoms with E-state index in [-0.39, 0.29) is 12.4 Å². The highest BCUT2D eigenvalue weighted by Crippen LogP contribution is 2.37. The van der Waals surface area contributed by atoms with Crippen LogP contribution in [-0.4, -0.2) is 39.6 Å². The molecule has 1 aromatic heterocycles. The molecule has 0 aliphatic rings. The molecule has 0 radical (unpaired) electrons. The number of nitrogens with one attached hydrogen (secondary N) is 1. The zero-order chi connectivity index (χ0) is 20.6. The monoisotopic (exact) mass is 489 g/mol. The molecule has 3 rings (SSSR count). The zero-order valence-electron chi connectivity index (χ0n) is 16.5. The van der Waals surface area contributed by atoms with Gasteiger partial charge in [0.2, 0.25) is 5.16 Å². The number of thioether (sulfide) groups is 1. The maximum atomic E-state index is 6.45. The fourth-order valence-corrected chi connectivity index (χ4v) is 3.70. The number of rotatable bonds is 10. The van der Waals surface area contributed by atoms with Crippen LogP contribution in [0.4, 0.5) is 0 Å². The number of methoxy groups -OCH3 is 1. The first-order chi connectivity index (χ1) is 14.1. The lowest BCUT2D eigenvalue weighted by atomic mass is 10.2. The predicted octanol–water partition coefficient (Wildman–Crippen LogP) is 4.41. The fourth-order valence-electron chi connectivity index (χ4n) is 2.54. The number of aromatic nitrogens is 4. The number of nitrogens with zero attached hydrogens (tertiary/aromatic N) is 4. The SMILES string of the molecule is COc1cc(CNCCSc2nnnn2C)cc(Cl)c1OCc1ccc(Cl)cc1.Cl. The first-order valence-electron chi connectivity index (χ1n) is 8.86. The number of ether oxygens (including phenoxy) is 2. The van der Waals surface area contributed by atoms with Gasteiger partial charge < -0.3 is 14.8 Å². The standard InChI is InChI=1S/C19H21Cl2N5O2S.ClH/c1-26-19(23-24-25-26)29-8-7-22-11-14-9-16(21)18(17(10-14)27-2)28-12-13-3-5-15(20)6-4-13;/h3-6,9-10,22H,7-8,11-12H2,1-2H3;1H. The molecule has 0 unspecified atom stereocenters. The van der Waals surface area contributed by atoms with Crippen molar-refractivity contribution in [2.75, 3.05) is 19.4 Å². The van der Waals surface area contributed by atoms with Crippen molar-refractivity contribution >= 4 is 47.4 Å². The molecule has 11 heteroatoms. The van der Waals surface area contributed by atoms with E-state index < -0.39 is 0 Å². The Hall–Kier alpha value is -1.71. The van der Waals surface area contributed by atoms with Crippen molar-refractivity contribution in [1.82, 2.24) is 25.5 Å². The van der Waals surface area contributed by atoms with Crippen molar-refractivity contribution in [2.24, 2.45) is 7.05 Å². The molecular weight excluding hydrogens is 469 g/mol. The molecule has 3 aromatic rings. The van der Waals surface area contributed by atoms with E-state index in [0.717, 1.165) is 28.6 Å². The summed E-state index contributed by atoms with van der Waals surface area (Å²) in [6.45, 7) is 1.83. The Bertz CT molecular complexity index is 940. The van der Waals surface area contributed by atoms with Gasteiger partial charge in [0.25, 0.3) is 0 Å². The fraction of sp³-hybridized carbons (Fsp3) is 0.316. The molecule has 0 saturated heterocycles. The maximum absolute atomic E-state index is 6.45. The van der Waals surface area contributed by atoms with Crippen LogP contribution in [0.15, 0.2) is 41.6 Å². The number of tetrazole rings is 1. The Morgan fingerprint density at radius 2 is 1.90 bits per heavy atom. The van der Waals surface area contributed by atoms with Crippen molar-refractivity contribution in [1.29, 1.82) is 0 Å². The van der Waals surface area contributed by atoms with Crippen LogP contribution in [0.2, 0.25) is 10.0 Å². The van der Waals surface area contributed by atoms with Gasteiger partial charge in [-0.3, -0.25) is 0 Å². The van der Waals surface area contributed by atoms with Crippen molar-refractivity contribution in [3.05, 3.63) is 57.6 Å². The minimum absolute atomic E-state index is 0. The molecule has 7 nitrogen and oxygen atoms in total. The molecule has 0 aliphatic heterocycles. The molecule has 0 atom stereocenters. The summed E-state index contributed by atoms with van der Waals surface area (Å²) in [6, 6.07) is 11.3. The minimum Gasteiger partial charge on any atom is -0.493 e.